The molecule has 3 heterocycles. The minimum atomic E-state index is -3.14. The van der Waals surface area contributed by atoms with Crippen molar-refractivity contribution >= 4 is 22.6 Å². The van der Waals surface area contributed by atoms with Crippen LogP contribution in [0.1, 0.15) is 43.6 Å². The average molecular weight is 475 g/mol. The van der Waals surface area contributed by atoms with Gasteiger partial charge in [0.2, 0.25) is 0 Å². The highest BCUT2D eigenvalue weighted by Crippen LogP contribution is 2.24. The van der Waals surface area contributed by atoms with Crippen LogP contribution in [-0.2, 0) is 4.74 Å². The number of carbonyl (C=O) groups is 1. The number of carbonyl (C=O) groups excluding carboxylic acids is 1. The lowest BCUT2D eigenvalue weighted by Gasteiger charge is -2.28. The lowest BCUT2D eigenvalue weighted by molar-refractivity contribution is -0.215. The zero-order chi connectivity index (χ0) is 25.0. The first-order valence-electron chi connectivity index (χ1n) is 10.4. The fourth-order valence-electron chi connectivity index (χ4n) is 3.15. The maximum absolute atomic E-state index is 14.4. The summed E-state index contributed by atoms with van der Waals surface area (Å²) >= 11 is 0. The normalized spacial score (nSPS) is 12.7. The van der Waals surface area contributed by atoms with Crippen molar-refractivity contribution in [2.24, 2.45) is 0 Å². The molecule has 0 radical (unpaired) electrons. The number of alkyl halides is 3. The molecule has 0 aliphatic heterocycles. The maximum atomic E-state index is 14.4. The number of nitrogens with one attached hydrogen (secondary N) is 2. The van der Waals surface area contributed by atoms with Crippen molar-refractivity contribution < 1.29 is 22.7 Å². The van der Waals surface area contributed by atoms with Crippen LogP contribution >= 0.6 is 0 Å². The zero-order valence-electron chi connectivity index (χ0n) is 19.0. The summed E-state index contributed by atoms with van der Waals surface area (Å²) in [7, 11) is 0. The van der Waals surface area contributed by atoms with Crippen molar-refractivity contribution in [2.45, 2.75) is 52.1 Å². The molecule has 3 aromatic heterocycles. The molecule has 0 aliphatic rings. The van der Waals surface area contributed by atoms with Crippen LogP contribution in [0.25, 0.3) is 16.9 Å². The van der Waals surface area contributed by atoms with Gasteiger partial charge in [0.1, 0.15) is 17.8 Å². The number of anilines is 1. The van der Waals surface area contributed by atoms with Gasteiger partial charge in [-0.2, -0.15) is 23.8 Å². The molecule has 180 valence electrons. The lowest BCUT2D eigenvalue weighted by atomic mass is 10.0. The molecule has 1 atom stereocenters. The Morgan fingerprint density at radius 3 is 2.59 bits per heavy atom. The van der Waals surface area contributed by atoms with Gasteiger partial charge >= 0.3 is 6.61 Å². The highest BCUT2D eigenvalue weighted by Gasteiger charge is 2.34. The van der Waals surface area contributed by atoms with Gasteiger partial charge in [-0.15, -0.1) is 0 Å². The third-order valence-corrected chi connectivity index (χ3v) is 4.92. The van der Waals surface area contributed by atoms with Crippen molar-refractivity contribution in [1.82, 2.24) is 25.1 Å². The van der Waals surface area contributed by atoms with E-state index in [9.17, 15) is 18.0 Å². The number of aromatic nitrogens is 4. The topological polar surface area (TPSA) is 118 Å². The molecular weight excluding hydrogens is 451 g/mol. The largest absolute Gasteiger partial charge is 0.382 e. The molecule has 3 rings (SSSR count). The van der Waals surface area contributed by atoms with E-state index >= 15 is 0 Å². The van der Waals surface area contributed by atoms with E-state index in [1.807, 2.05) is 19.9 Å². The molecule has 1 unspecified atom stereocenters. The van der Waals surface area contributed by atoms with Gasteiger partial charge in [0.05, 0.1) is 29.6 Å². The molecule has 0 bridgehead atoms. The van der Waals surface area contributed by atoms with E-state index in [1.165, 1.54) is 30.9 Å². The number of hydrogen-bond acceptors (Lipinski definition) is 7. The van der Waals surface area contributed by atoms with Crippen LogP contribution in [0.5, 0.6) is 0 Å². The first-order chi connectivity index (χ1) is 16.0. The minimum Gasteiger partial charge on any atom is -0.382 e. The van der Waals surface area contributed by atoms with E-state index in [-0.39, 0.29) is 11.6 Å². The summed E-state index contributed by atoms with van der Waals surface area (Å²) in [5.74, 6) is -0.276. The molecule has 0 fully saturated rings. The number of fused-ring (bicyclic) bond motifs is 1. The molecule has 12 heteroatoms. The Morgan fingerprint density at radius 1 is 1.21 bits per heavy atom. The van der Waals surface area contributed by atoms with Gasteiger partial charge in [-0.25, -0.2) is 14.4 Å². The molecule has 0 saturated heterocycles. The Hall–Kier alpha value is -3.72. The van der Waals surface area contributed by atoms with E-state index < -0.39 is 30.8 Å². The molecular formula is C22H24F3N7O2. The van der Waals surface area contributed by atoms with E-state index in [1.54, 1.807) is 18.3 Å². The van der Waals surface area contributed by atoms with Gasteiger partial charge in [0.25, 0.3) is 5.91 Å². The SMILES string of the molecule is CC(C)Nc1cc(-n2ncc3cc(C#N)cnc32)ncc1C(=O)NCC(F)C(C)(C)OC(F)F. The van der Waals surface area contributed by atoms with Crippen LogP contribution < -0.4 is 10.6 Å². The van der Waals surface area contributed by atoms with Gasteiger partial charge in [0, 0.05) is 29.9 Å². The number of amides is 1. The first kappa shape index (κ1) is 24.9. The molecule has 2 N–H and O–H groups in total. The van der Waals surface area contributed by atoms with Gasteiger partial charge < -0.3 is 15.4 Å². The number of nitriles is 1. The van der Waals surface area contributed by atoms with Crippen LogP contribution in [0.2, 0.25) is 0 Å². The second kappa shape index (κ2) is 10.0. The summed E-state index contributed by atoms with van der Waals surface area (Å²) in [6.07, 6.45) is 2.40. The predicted molar refractivity (Wildman–Crippen MR) is 119 cm³/mol. The summed E-state index contributed by atoms with van der Waals surface area (Å²) in [6.45, 7) is 2.44. The van der Waals surface area contributed by atoms with E-state index in [2.05, 4.69) is 30.4 Å². The number of rotatable bonds is 9. The van der Waals surface area contributed by atoms with E-state index in [4.69, 9.17) is 5.26 Å². The Balaban J connectivity index is 1.86. The second-order valence-corrected chi connectivity index (χ2v) is 8.35. The fourth-order valence-corrected chi connectivity index (χ4v) is 3.15. The predicted octanol–water partition coefficient (Wildman–Crippen LogP) is 3.59. The number of halogens is 3. The van der Waals surface area contributed by atoms with Crippen LogP contribution in [-0.4, -0.2) is 56.6 Å². The number of hydrogen-bond donors (Lipinski definition) is 2. The summed E-state index contributed by atoms with van der Waals surface area (Å²) < 4.78 is 45.2. The van der Waals surface area contributed by atoms with E-state index in [0.717, 1.165) is 0 Å². The molecule has 3 aromatic rings. The molecule has 0 aromatic carbocycles. The molecule has 9 nitrogen and oxygen atoms in total. The fraction of sp³-hybridized carbons (Fsp3) is 0.409. The highest BCUT2D eigenvalue weighted by atomic mass is 19.3. The number of pyridine rings is 2. The zero-order valence-corrected chi connectivity index (χ0v) is 19.0. The van der Waals surface area contributed by atoms with Crippen molar-refractivity contribution in [2.75, 3.05) is 11.9 Å². The van der Waals surface area contributed by atoms with Gasteiger partial charge in [-0.3, -0.25) is 4.79 Å². The first-order valence-corrected chi connectivity index (χ1v) is 10.4. The Bertz CT molecular complexity index is 1220. The van der Waals surface area contributed by atoms with Gasteiger partial charge in [-0.05, 0) is 33.8 Å². The summed E-state index contributed by atoms with van der Waals surface area (Å²) in [5.41, 5.74) is -0.382. The lowest BCUT2D eigenvalue weighted by Crippen LogP contribution is -2.45. The quantitative estimate of drug-likeness (QED) is 0.486. The standard InChI is InChI=1S/C22H24F3N7O2/c1-12(2)31-16-6-18(32-19-14(9-30-32)5-13(7-26)8-28-19)27-10-15(16)20(33)29-11-17(23)22(3,4)34-21(24)25/h5-6,8-10,12,17,21H,11H2,1-4H3,(H,27,31)(H,29,33). The summed E-state index contributed by atoms with van der Waals surface area (Å²) in [4.78, 5) is 21.3. The van der Waals surface area contributed by atoms with E-state index in [0.29, 0.717) is 28.1 Å². The van der Waals surface area contributed by atoms with Crippen LogP contribution in [0.15, 0.2) is 30.7 Å². The molecule has 34 heavy (non-hydrogen) atoms. The Kier molecular flexibility index (Phi) is 7.36. The van der Waals surface area contributed by atoms with Crippen molar-refractivity contribution in [3.05, 3.63) is 41.9 Å². The van der Waals surface area contributed by atoms with Crippen LogP contribution in [0.3, 0.4) is 0 Å². The van der Waals surface area contributed by atoms with Crippen molar-refractivity contribution in [1.29, 1.82) is 5.26 Å². The average Bonchev–Trinajstić information content (AvgIpc) is 3.19. The molecule has 0 saturated carbocycles. The maximum Gasteiger partial charge on any atom is 0.345 e. The summed E-state index contributed by atoms with van der Waals surface area (Å²) in [6, 6.07) is 5.20. The molecule has 1 amide bonds. The van der Waals surface area contributed by atoms with Crippen LogP contribution in [0, 0.1) is 11.3 Å². The Labute approximate surface area is 193 Å². The number of ether oxygens (including phenoxy) is 1. The van der Waals surface area contributed by atoms with Gasteiger partial charge in [0.15, 0.2) is 11.5 Å². The third kappa shape index (κ3) is 5.60. The van der Waals surface area contributed by atoms with Gasteiger partial charge in [-0.1, -0.05) is 0 Å². The molecule has 0 aliphatic carbocycles. The highest BCUT2D eigenvalue weighted by molar-refractivity contribution is 5.99. The number of nitrogens with zero attached hydrogens (tertiary/aromatic N) is 5. The third-order valence-electron chi connectivity index (χ3n) is 4.92. The molecule has 0 spiro atoms. The summed E-state index contributed by atoms with van der Waals surface area (Å²) in [5, 5.41) is 19.5. The Morgan fingerprint density at radius 2 is 1.94 bits per heavy atom. The second-order valence-electron chi connectivity index (χ2n) is 8.35. The smallest absolute Gasteiger partial charge is 0.345 e. The monoisotopic (exact) mass is 475 g/mol. The minimum absolute atomic E-state index is 0.0558. The van der Waals surface area contributed by atoms with Crippen molar-refractivity contribution in [3.63, 3.8) is 0 Å². The van der Waals surface area contributed by atoms with Crippen LogP contribution in [0.4, 0.5) is 18.9 Å². The van der Waals surface area contributed by atoms with Crippen molar-refractivity contribution in [3.8, 4) is 11.9 Å².